The van der Waals surface area contributed by atoms with E-state index < -0.39 is 0 Å². The molecule has 1 amide bonds. The van der Waals surface area contributed by atoms with Gasteiger partial charge in [-0.25, -0.2) is 0 Å². The zero-order chi connectivity index (χ0) is 17.9. The number of nitrogens with one attached hydrogen (secondary N) is 1. The first-order valence-electron chi connectivity index (χ1n) is 8.61. The fourth-order valence-corrected chi connectivity index (χ4v) is 3.09. The van der Waals surface area contributed by atoms with Crippen LogP contribution in [0.25, 0.3) is 22.1 Å². The van der Waals surface area contributed by atoms with E-state index in [1.165, 1.54) is 0 Å². The molecule has 3 heteroatoms. The summed E-state index contributed by atoms with van der Waals surface area (Å²) in [4.78, 5) is 12.4. The maximum atomic E-state index is 12.4. The molecule has 0 aliphatic rings. The Kier molecular flexibility index (Phi) is 4.28. The largest absolute Gasteiger partial charge is 0.464 e. The van der Waals surface area contributed by atoms with Crippen molar-refractivity contribution in [1.29, 1.82) is 0 Å². The normalized spacial score (nSPS) is 10.8. The summed E-state index contributed by atoms with van der Waals surface area (Å²) in [6.45, 7) is 2.03. The maximum absolute atomic E-state index is 12.4. The van der Waals surface area contributed by atoms with Gasteiger partial charge in [-0.15, -0.1) is 0 Å². The number of fused-ring (bicyclic) bond motifs is 1. The molecule has 26 heavy (non-hydrogen) atoms. The van der Waals surface area contributed by atoms with Crippen LogP contribution in [-0.2, 0) is 11.2 Å². The van der Waals surface area contributed by atoms with Gasteiger partial charge in [-0.05, 0) is 42.3 Å². The van der Waals surface area contributed by atoms with E-state index in [0.29, 0.717) is 0 Å². The van der Waals surface area contributed by atoms with Gasteiger partial charge in [0.25, 0.3) is 0 Å². The van der Waals surface area contributed by atoms with E-state index in [0.717, 1.165) is 38.9 Å². The van der Waals surface area contributed by atoms with Gasteiger partial charge in [-0.3, -0.25) is 4.79 Å². The van der Waals surface area contributed by atoms with Gasteiger partial charge in [-0.2, -0.15) is 0 Å². The van der Waals surface area contributed by atoms with Crippen molar-refractivity contribution in [3.05, 3.63) is 90.2 Å². The van der Waals surface area contributed by atoms with Crippen molar-refractivity contribution in [3.8, 4) is 11.1 Å². The molecule has 0 unspecified atom stereocenters. The van der Waals surface area contributed by atoms with Crippen molar-refractivity contribution in [2.75, 3.05) is 5.32 Å². The molecule has 0 aliphatic carbocycles. The van der Waals surface area contributed by atoms with E-state index in [-0.39, 0.29) is 12.3 Å². The third-order valence-electron chi connectivity index (χ3n) is 4.44. The first kappa shape index (κ1) is 16.2. The fraction of sp³-hybridized carbons (Fsp3) is 0.0870. The van der Waals surface area contributed by atoms with Crippen LogP contribution in [0.1, 0.15) is 11.1 Å². The molecule has 3 aromatic carbocycles. The zero-order valence-corrected chi connectivity index (χ0v) is 14.5. The fourth-order valence-electron chi connectivity index (χ4n) is 3.09. The van der Waals surface area contributed by atoms with Crippen LogP contribution in [0.2, 0.25) is 0 Å². The van der Waals surface area contributed by atoms with Gasteiger partial charge in [0.15, 0.2) is 0 Å². The molecule has 0 atom stereocenters. The van der Waals surface area contributed by atoms with Crippen LogP contribution in [0.5, 0.6) is 0 Å². The van der Waals surface area contributed by atoms with Crippen LogP contribution in [0.15, 0.2) is 83.5 Å². The highest BCUT2D eigenvalue weighted by atomic mass is 16.3. The average Bonchev–Trinajstić information content (AvgIpc) is 3.05. The summed E-state index contributed by atoms with van der Waals surface area (Å²) in [6.07, 6.45) is 1.96. The number of hydrogen-bond donors (Lipinski definition) is 1. The second-order valence-electron chi connectivity index (χ2n) is 6.43. The second kappa shape index (κ2) is 6.89. The van der Waals surface area contributed by atoms with Crippen LogP contribution in [0.3, 0.4) is 0 Å². The molecule has 0 spiro atoms. The molecule has 0 aliphatic heterocycles. The van der Waals surface area contributed by atoms with Crippen molar-refractivity contribution < 1.29 is 9.21 Å². The molecule has 1 N–H and O–H groups in total. The third kappa shape index (κ3) is 3.38. The highest BCUT2D eigenvalue weighted by molar-refractivity contribution is 5.95. The molecule has 0 saturated heterocycles. The molecule has 128 valence electrons. The first-order chi connectivity index (χ1) is 12.7. The molecule has 0 bridgehead atoms. The Balaban J connectivity index is 1.47. The van der Waals surface area contributed by atoms with Crippen LogP contribution in [-0.4, -0.2) is 5.91 Å². The van der Waals surface area contributed by atoms with Gasteiger partial charge in [-0.1, -0.05) is 54.1 Å². The second-order valence-corrected chi connectivity index (χ2v) is 6.43. The van der Waals surface area contributed by atoms with Gasteiger partial charge in [0.05, 0.1) is 12.7 Å². The Morgan fingerprint density at radius 3 is 2.42 bits per heavy atom. The first-order valence-corrected chi connectivity index (χ1v) is 8.61. The molecule has 1 heterocycles. The van der Waals surface area contributed by atoms with Crippen LogP contribution in [0.4, 0.5) is 5.69 Å². The van der Waals surface area contributed by atoms with Gasteiger partial charge in [0.1, 0.15) is 5.58 Å². The minimum absolute atomic E-state index is 0.0540. The minimum atomic E-state index is -0.0540. The predicted octanol–water partition coefficient (Wildman–Crippen LogP) is 5.59. The number of hydrogen-bond acceptors (Lipinski definition) is 2. The number of anilines is 1. The van der Waals surface area contributed by atoms with Crippen molar-refractivity contribution in [1.82, 2.24) is 0 Å². The standard InChI is InChI=1S/C23H19NO2/c1-16-7-12-22-21(13-16)19(15-26-22)14-23(25)24-20-10-8-18(9-11-20)17-5-3-2-4-6-17/h2-13,15H,14H2,1H3,(H,24,25). The molecule has 4 rings (SSSR count). The molecule has 0 fully saturated rings. The smallest absolute Gasteiger partial charge is 0.228 e. The van der Waals surface area contributed by atoms with E-state index in [2.05, 4.69) is 23.5 Å². The predicted molar refractivity (Wildman–Crippen MR) is 105 cm³/mol. The lowest BCUT2D eigenvalue weighted by molar-refractivity contribution is -0.115. The Morgan fingerprint density at radius 2 is 1.65 bits per heavy atom. The highest BCUT2D eigenvalue weighted by Crippen LogP contribution is 2.24. The minimum Gasteiger partial charge on any atom is -0.464 e. The van der Waals surface area contributed by atoms with E-state index in [1.54, 1.807) is 6.26 Å². The lowest BCUT2D eigenvalue weighted by Gasteiger charge is -2.07. The molecular weight excluding hydrogens is 322 g/mol. The Morgan fingerprint density at radius 1 is 0.923 bits per heavy atom. The molecule has 0 radical (unpaired) electrons. The molecule has 4 aromatic rings. The molecular formula is C23H19NO2. The Bertz CT molecular complexity index is 1050. The number of amides is 1. The maximum Gasteiger partial charge on any atom is 0.228 e. The average molecular weight is 341 g/mol. The van der Waals surface area contributed by atoms with E-state index >= 15 is 0 Å². The van der Waals surface area contributed by atoms with E-state index in [9.17, 15) is 4.79 Å². The summed E-state index contributed by atoms with van der Waals surface area (Å²) in [7, 11) is 0. The zero-order valence-electron chi connectivity index (χ0n) is 14.5. The summed E-state index contributed by atoms with van der Waals surface area (Å²) in [5.74, 6) is -0.0540. The number of furan rings is 1. The monoisotopic (exact) mass is 341 g/mol. The lowest BCUT2D eigenvalue weighted by Crippen LogP contribution is -2.14. The summed E-state index contributed by atoms with van der Waals surface area (Å²) in [5, 5.41) is 3.96. The van der Waals surface area contributed by atoms with Crippen molar-refractivity contribution in [3.63, 3.8) is 0 Å². The van der Waals surface area contributed by atoms with Crippen molar-refractivity contribution >= 4 is 22.6 Å². The van der Waals surface area contributed by atoms with Crippen LogP contribution in [0, 0.1) is 6.92 Å². The number of carbonyl (C=O) groups is 1. The quantitative estimate of drug-likeness (QED) is 0.526. The molecule has 3 nitrogen and oxygen atoms in total. The summed E-state index contributed by atoms with van der Waals surface area (Å²) in [5.41, 5.74) is 5.94. The lowest BCUT2D eigenvalue weighted by atomic mass is 10.1. The van der Waals surface area contributed by atoms with Crippen LogP contribution < -0.4 is 5.32 Å². The third-order valence-corrected chi connectivity index (χ3v) is 4.44. The number of aryl methyl sites for hydroxylation is 1. The Labute approximate surface area is 152 Å². The summed E-state index contributed by atoms with van der Waals surface area (Å²) >= 11 is 0. The van der Waals surface area contributed by atoms with E-state index in [1.807, 2.05) is 61.5 Å². The Hall–Kier alpha value is -3.33. The van der Waals surface area contributed by atoms with Gasteiger partial charge in [0.2, 0.25) is 5.91 Å². The molecule has 0 saturated carbocycles. The van der Waals surface area contributed by atoms with Crippen LogP contribution >= 0.6 is 0 Å². The number of rotatable bonds is 4. The van der Waals surface area contributed by atoms with E-state index in [4.69, 9.17) is 4.42 Å². The summed E-state index contributed by atoms with van der Waals surface area (Å²) < 4.78 is 5.54. The van der Waals surface area contributed by atoms with Crippen molar-refractivity contribution in [2.45, 2.75) is 13.3 Å². The molecule has 1 aromatic heterocycles. The summed E-state index contributed by atoms with van der Waals surface area (Å²) in [6, 6.07) is 24.1. The van der Waals surface area contributed by atoms with Gasteiger partial charge < -0.3 is 9.73 Å². The number of carbonyl (C=O) groups excluding carboxylic acids is 1. The highest BCUT2D eigenvalue weighted by Gasteiger charge is 2.11. The van der Waals surface area contributed by atoms with Crippen molar-refractivity contribution in [2.24, 2.45) is 0 Å². The number of benzene rings is 3. The van der Waals surface area contributed by atoms with Gasteiger partial charge >= 0.3 is 0 Å². The topological polar surface area (TPSA) is 42.2 Å². The van der Waals surface area contributed by atoms with Gasteiger partial charge in [0, 0.05) is 16.6 Å². The SMILES string of the molecule is Cc1ccc2occ(CC(=O)Nc3ccc(-c4ccccc4)cc3)c2c1.